The molecule has 0 aliphatic carbocycles. The first-order valence-electron chi connectivity index (χ1n) is 8.63. The zero-order chi connectivity index (χ0) is 19.9. The number of amides is 1. The molecule has 28 heavy (non-hydrogen) atoms. The quantitative estimate of drug-likeness (QED) is 0.580. The van der Waals surface area contributed by atoms with Gasteiger partial charge in [0.2, 0.25) is 0 Å². The van der Waals surface area contributed by atoms with Crippen LogP contribution >= 0.6 is 11.6 Å². The predicted molar refractivity (Wildman–Crippen MR) is 109 cm³/mol. The Morgan fingerprint density at radius 1 is 1.00 bits per heavy atom. The van der Waals surface area contributed by atoms with Gasteiger partial charge in [-0.25, -0.2) is 9.78 Å². The van der Waals surface area contributed by atoms with Crippen LogP contribution in [0, 0.1) is 0 Å². The van der Waals surface area contributed by atoms with Gasteiger partial charge in [0.1, 0.15) is 5.82 Å². The van der Waals surface area contributed by atoms with Gasteiger partial charge in [0.15, 0.2) is 0 Å². The van der Waals surface area contributed by atoms with E-state index in [0.717, 1.165) is 5.69 Å². The Morgan fingerprint density at radius 3 is 2.36 bits per heavy atom. The summed E-state index contributed by atoms with van der Waals surface area (Å²) in [6.45, 7) is 2.10. The highest BCUT2D eigenvalue weighted by Crippen LogP contribution is 2.19. The van der Waals surface area contributed by atoms with Crippen LogP contribution in [0.2, 0.25) is 5.02 Å². The highest BCUT2D eigenvalue weighted by atomic mass is 35.5. The van der Waals surface area contributed by atoms with Crippen LogP contribution in [-0.4, -0.2) is 23.5 Å². The van der Waals surface area contributed by atoms with Crippen molar-refractivity contribution in [2.24, 2.45) is 0 Å². The van der Waals surface area contributed by atoms with Crippen LogP contribution in [0.25, 0.3) is 0 Å². The summed E-state index contributed by atoms with van der Waals surface area (Å²) in [7, 11) is 0. The van der Waals surface area contributed by atoms with Crippen LogP contribution in [0.5, 0.6) is 0 Å². The lowest BCUT2D eigenvalue weighted by Crippen LogP contribution is -2.12. The standard InChI is InChI=1S/C21H18ClN3O3/c1-2-28-21(27)14-7-9-15(10-8-14)24-19-12-11-16(13-23-19)25-20(26)17-5-3-4-6-18(17)22/h3-13H,2H2,1H3,(H,23,24)(H,25,26). The van der Waals surface area contributed by atoms with Crippen molar-refractivity contribution in [1.82, 2.24) is 4.98 Å². The van der Waals surface area contributed by atoms with Gasteiger partial charge >= 0.3 is 5.97 Å². The minimum atomic E-state index is -0.356. The summed E-state index contributed by atoms with van der Waals surface area (Å²) >= 11 is 6.03. The molecule has 3 aromatic rings. The van der Waals surface area contributed by atoms with Crippen molar-refractivity contribution in [2.75, 3.05) is 17.2 Å². The van der Waals surface area contributed by atoms with Crippen LogP contribution in [0.1, 0.15) is 27.6 Å². The summed E-state index contributed by atoms with van der Waals surface area (Å²) in [5.74, 6) is -0.0620. The topological polar surface area (TPSA) is 80.3 Å². The summed E-state index contributed by atoms with van der Waals surface area (Å²) < 4.78 is 4.96. The van der Waals surface area contributed by atoms with Crippen molar-refractivity contribution in [3.8, 4) is 0 Å². The molecule has 1 heterocycles. The number of aromatic nitrogens is 1. The lowest BCUT2D eigenvalue weighted by molar-refractivity contribution is 0.0526. The Hall–Kier alpha value is -3.38. The van der Waals surface area contributed by atoms with Gasteiger partial charge in [-0.2, -0.15) is 0 Å². The van der Waals surface area contributed by atoms with E-state index < -0.39 is 0 Å². The molecule has 0 atom stereocenters. The molecule has 2 aromatic carbocycles. The highest BCUT2D eigenvalue weighted by Gasteiger charge is 2.10. The average molecular weight is 396 g/mol. The maximum absolute atomic E-state index is 12.3. The third-order valence-corrected chi connectivity index (χ3v) is 4.14. The van der Waals surface area contributed by atoms with Crippen molar-refractivity contribution in [2.45, 2.75) is 6.92 Å². The third-order valence-electron chi connectivity index (χ3n) is 3.81. The van der Waals surface area contributed by atoms with Gasteiger partial charge < -0.3 is 15.4 Å². The first-order valence-corrected chi connectivity index (χ1v) is 9.00. The summed E-state index contributed by atoms with van der Waals surface area (Å²) in [6, 6.07) is 17.2. The average Bonchev–Trinajstić information content (AvgIpc) is 2.70. The number of nitrogens with one attached hydrogen (secondary N) is 2. The Morgan fingerprint density at radius 2 is 1.71 bits per heavy atom. The van der Waals surface area contributed by atoms with E-state index in [1.54, 1.807) is 73.8 Å². The van der Waals surface area contributed by atoms with E-state index in [9.17, 15) is 9.59 Å². The minimum absolute atomic E-state index is 0.303. The lowest BCUT2D eigenvalue weighted by atomic mass is 10.2. The summed E-state index contributed by atoms with van der Waals surface area (Å²) in [5.41, 5.74) is 2.20. The molecule has 1 aromatic heterocycles. The first kappa shape index (κ1) is 19.4. The fraction of sp³-hybridized carbons (Fsp3) is 0.0952. The number of ether oxygens (including phenoxy) is 1. The van der Waals surface area contributed by atoms with Crippen LogP contribution in [0.15, 0.2) is 66.9 Å². The minimum Gasteiger partial charge on any atom is -0.462 e. The molecular weight excluding hydrogens is 378 g/mol. The second kappa shape index (κ2) is 9.01. The Labute approximate surface area is 167 Å². The SMILES string of the molecule is CCOC(=O)c1ccc(Nc2ccc(NC(=O)c3ccccc3Cl)cn2)cc1. The maximum atomic E-state index is 12.3. The molecule has 0 spiro atoms. The van der Waals surface area contributed by atoms with E-state index in [1.807, 2.05) is 0 Å². The van der Waals surface area contributed by atoms with Crippen molar-refractivity contribution in [3.63, 3.8) is 0 Å². The smallest absolute Gasteiger partial charge is 0.338 e. The van der Waals surface area contributed by atoms with Gasteiger partial charge in [-0.15, -0.1) is 0 Å². The largest absolute Gasteiger partial charge is 0.462 e. The molecule has 0 saturated carbocycles. The number of carbonyl (C=O) groups excluding carboxylic acids is 2. The first-order chi connectivity index (χ1) is 13.6. The van der Waals surface area contributed by atoms with Gasteiger partial charge in [-0.3, -0.25) is 4.79 Å². The molecule has 1 amide bonds. The summed E-state index contributed by atoms with van der Waals surface area (Å²) in [6.07, 6.45) is 1.55. The number of benzene rings is 2. The number of pyridine rings is 1. The van der Waals surface area contributed by atoms with Gasteiger partial charge in [0.25, 0.3) is 5.91 Å². The van der Waals surface area contributed by atoms with Gasteiger partial charge in [-0.1, -0.05) is 23.7 Å². The predicted octanol–water partition coefficient (Wildman–Crippen LogP) is 4.91. The maximum Gasteiger partial charge on any atom is 0.338 e. The fourth-order valence-corrected chi connectivity index (χ4v) is 2.66. The number of hydrogen-bond acceptors (Lipinski definition) is 5. The number of nitrogens with zero attached hydrogens (tertiary/aromatic N) is 1. The normalized spacial score (nSPS) is 10.2. The molecule has 0 aliphatic rings. The van der Waals surface area contributed by atoms with E-state index in [1.165, 1.54) is 0 Å². The third kappa shape index (κ3) is 4.86. The van der Waals surface area contributed by atoms with E-state index >= 15 is 0 Å². The number of carbonyl (C=O) groups is 2. The van der Waals surface area contributed by atoms with Crippen molar-refractivity contribution < 1.29 is 14.3 Å². The fourth-order valence-electron chi connectivity index (χ4n) is 2.44. The van der Waals surface area contributed by atoms with E-state index in [2.05, 4.69) is 15.6 Å². The molecule has 0 radical (unpaired) electrons. The molecule has 2 N–H and O–H groups in total. The van der Waals surface area contributed by atoms with Crippen LogP contribution in [-0.2, 0) is 4.74 Å². The molecule has 3 rings (SSSR count). The van der Waals surface area contributed by atoms with E-state index in [4.69, 9.17) is 16.3 Å². The Bertz CT molecular complexity index is 973. The molecule has 7 heteroatoms. The second-order valence-electron chi connectivity index (χ2n) is 5.79. The summed E-state index contributed by atoms with van der Waals surface area (Å²) in [4.78, 5) is 28.2. The molecule has 0 saturated heterocycles. The monoisotopic (exact) mass is 395 g/mol. The molecule has 142 valence electrons. The van der Waals surface area contributed by atoms with Gasteiger partial charge in [-0.05, 0) is 55.5 Å². The molecule has 6 nitrogen and oxygen atoms in total. The number of halogens is 1. The van der Waals surface area contributed by atoms with Gasteiger partial charge in [0, 0.05) is 5.69 Å². The molecular formula is C21H18ClN3O3. The van der Waals surface area contributed by atoms with Crippen molar-refractivity contribution >= 4 is 40.7 Å². The lowest BCUT2D eigenvalue weighted by Gasteiger charge is -2.09. The van der Waals surface area contributed by atoms with Crippen LogP contribution < -0.4 is 10.6 Å². The molecule has 0 aliphatic heterocycles. The number of esters is 1. The van der Waals surface area contributed by atoms with E-state index in [-0.39, 0.29) is 11.9 Å². The zero-order valence-corrected chi connectivity index (χ0v) is 15.9. The summed E-state index contributed by atoms with van der Waals surface area (Å²) in [5, 5.41) is 6.27. The van der Waals surface area contributed by atoms with E-state index in [0.29, 0.717) is 34.3 Å². The van der Waals surface area contributed by atoms with Crippen LogP contribution in [0.4, 0.5) is 17.2 Å². The van der Waals surface area contributed by atoms with Crippen LogP contribution in [0.3, 0.4) is 0 Å². The Kier molecular flexibility index (Phi) is 6.24. The highest BCUT2D eigenvalue weighted by molar-refractivity contribution is 6.34. The number of rotatable bonds is 6. The Balaban J connectivity index is 1.62. The van der Waals surface area contributed by atoms with Gasteiger partial charge in [0.05, 0.1) is 34.6 Å². The second-order valence-corrected chi connectivity index (χ2v) is 6.20. The van der Waals surface area contributed by atoms with Crippen molar-refractivity contribution in [1.29, 1.82) is 0 Å². The number of anilines is 3. The molecule has 0 bridgehead atoms. The molecule has 0 fully saturated rings. The van der Waals surface area contributed by atoms with Crippen molar-refractivity contribution in [3.05, 3.63) is 83.0 Å². The molecule has 0 unspecified atom stereocenters. The number of hydrogen-bond donors (Lipinski definition) is 2. The zero-order valence-electron chi connectivity index (χ0n) is 15.1.